The zero-order valence-electron chi connectivity index (χ0n) is 10.5. The number of piperazine rings is 1. The van der Waals surface area contributed by atoms with Gasteiger partial charge in [-0.2, -0.15) is 0 Å². The second-order valence-corrected chi connectivity index (χ2v) is 5.04. The zero-order valence-corrected chi connectivity index (χ0v) is 10.5. The van der Waals surface area contributed by atoms with E-state index in [1.165, 1.54) is 11.3 Å². The molecule has 2 nitrogen and oxygen atoms in total. The van der Waals surface area contributed by atoms with Crippen molar-refractivity contribution in [3.63, 3.8) is 0 Å². The summed E-state index contributed by atoms with van der Waals surface area (Å²) in [4.78, 5) is 2.54. The largest absolute Gasteiger partial charge is 0.366 e. The third kappa shape index (κ3) is 2.38. The first-order valence-corrected chi connectivity index (χ1v) is 6.22. The topological polar surface area (TPSA) is 15.3 Å². The van der Waals surface area contributed by atoms with Gasteiger partial charge in [-0.15, -0.1) is 0 Å². The molecule has 2 rings (SSSR count). The lowest BCUT2D eigenvalue weighted by molar-refractivity contribution is 0.390. The third-order valence-electron chi connectivity index (χ3n) is 3.42. The summed E-state index contributed by atoms with van der Waals surface area (Å²) in [6, 6.07) is 9.52. The second-order valence-electron chi connectivity index (χ2n) is 5.04. The molecule has 1 aliphatic rings. The van der Waals surface area contributed by atoms with Gasteiger partial charge in [-0.1, -0.05) is 31.5 Å². The van der Waals surface area contributed by atoms with Gasteiger partial charge in [0, 0.05) is 31.4 Å². The van der Waals surface area contributed by atoms with Crippen LogP contribution in [0.3, 0.4) is 0 Å². The molecule has 1 fully saturated rings. The van der Waals surface area contributed by atoms with Crippen LogP contribution >= 0.6 is 0 Å². The fourth-order valence-electron chi connectivity index (χ4n) is 2.38. The molecule has 2 heteroatoms. The van der Waals surface area contributed by atoms with Gasteiger partial charge in [-0.05, 0) is 25.0 Å². The SMILES string of the molecule is Cc1ccc(N2CCNCC2C(C)C)cc1. The van der Waals surface area contributed by atoms with Crippen LogP contribution in [0.2, 0.25) is 0 Å². The number of hydrogen-bond acceptors (Lipinski definition) is 2. The molecule has 0 saturated carbocycles. The van der Waals surface area contributed by atoms with Gasteiger partial charge in [0.25, 0.3) is 0 Å². The summed E-state index contributed by atoms with van der Waals surface area (Å²) in [5.74, 6) is 0.689. The van der Waals surface area contributed by atoms with E-state index in [-0.39, 0.29) is 0 Å². The molecule has 0 aromatic heterocycles. The molecular weight excluding hydrogens is 196 g/mol. The van der Waals surface area contributed by atoms with E-state index in [1.54, 1.807) is 0 Å². The lowest BCUT2D eigenvalue weighted by atomic mass is 9.99. The monoisotopic (exact) mass is 218 g/mol. The fraction of sp³-hybridized carbons (Fsp3) is 0.571. The highest BCUT2D eigenvalue weighted by atomic mass is 15.2. The highest BCUT2D eigenvalue weighted by Crippen LogP contribution is 2.22. The quantitative estimate of drug-likeness (QED) is 0.820. The summed E-state index contributed by atoms with van der Waals surface area (Å²) in [6.45, 7) is 10.1. The van der Waals surface area contributed by atoms with Crippen molar-refractivity contribution in [2.75, 3.05) is 24.5 Å². The van der Waals surface area contributed by atoms with E-state index in [1.807, 2.05) is 0 Å². The third-order valence-corrected chi connectivity index (χ3v) is 3.42. The minimum absolute atomic E-state index is 0.622. The minimum Gasteiger partial charge on any atom is -0.366 e. The maximum Gasteiger partial charge on any atom is 0.0437 e. The van der Waals surface area contributed by atoms with Crippen LogP contribution in [0.5, 0.6) is 0 Å². The van der Waals surface area contributed by atoms with Gasteiger partial charge in [0.2, 0.25) is 0 Å². The number of rotatable bonds is 2. The molecule has 0 radical (unpaired) electrons. The summed E-state index contributed by atoms with van der Waals surface area (Å²) in [6.07, 6.45) is 0. The molecule has 1 heterocycles. The second kappa shape index (κ2) is 4.88. The Morgan fingerprint density at radius 3 is 2.56 bits per heavy atom. The summed E-state index contributed by atoms with van der Waals surface area (Å²) in [5, 5.41) is 3.49. The molecule has 1 aromatic carbocycles. The first-order chi connectivity index (χ1) is 7.68. The Balaban J connectivity index is 2.19. The molecule has 1 atom stereocenters. The van der Waals surface area contributed by atoms with Crippen molar-refractivity contribution < 1.29 is 0 Å². The molecule has 0 bridgehead atoms. The van der Waals surface area contributed by atoms with Crippen LogP contribution in [0.4, 0.5) is 5.69 Å². The number of aryl methyl sites for hydroxylation is 1. The van der Waals surface area contributed by atoms with Gasteiger partial charge in [0.15, 0.2) is 0 Å². The van der Waals surface area contributed by atoms with Crippen LogP contribution in [0.1, 0.15) is 19.4 Å². The van der Waals surface area contributed by atoms with E-state index in [2.05, 4.69) is 55.3 Å². The summed E-state index contributed by atoms with van der Waals surface area (Å²) in [7, 11) is 0. The van der Waals surface area contributed by atoms with E-state index in [0.717, 1.165) is 19.6 Å². The van der Waals surface area contributed by atoms with Crippen LogP contribution in [-0.4, -0.2) is 25.7 Å². The summed E-state index contributed by atoms with van der Waals surface area (Å²) in [5.41, 5.74) is 2.70. The lowest BCUT2D eigenvalue weighted by Crippen LogP contribution is -2.53. The fourth-order valence-corrected chi connectivity index (χ4v) is 2.38. The van der Waals surface area contributed by atoms with Crippen LogP contribution in [0.25, 0.3) is 0 Å². The number of nitrogens with zero attached hydrogens (tertiary/aromatic N) is 1. The first kappa shape index (κ1) is 11.5. The van der Waals surface area contributed by atoms with Crippen LogP contribution in [0.15, 0.2) is 24.3 Å². The van der Waals surface area contributed by atoms with Crippen LogP contribution < -0.4 is 10.2 Å². The molecule has 1 N–H and O–H groups in total. The summed E-state index contributed by atoms with van der Waals surface area (Å²) < 4.78 is 0. The number of nitrogens with one attached hydrogen (secondary N) is 1. The molecule has 1 aromatic rings. The van der Waals surface area contributed by atoms with Crippen molar-refractivity contribution in [3.8, 4) is 0 Å². The van der Waals surface area contributed by atoms with Gasteiger partial charge in [-0.3, -0.25) is 0 Å². The predicted molar refractivity (Wildman–Crippen MR) is 70.0 cm³/mol. The average Bonchev–Trinajstić information content (AvgIpc) is 2.30. The number of anilines is 1. The van der Waals surface area contributed by atoms with Crippen LogP contribution in [0, 0.1) is 12.8 Å². The Bertz CT molecular complexity index is 329. The Morgan fingerprint density at radius 2 is 1.94 bits per heavy atom. The maximum absolute atomic E-state index is 3.49. The Morgan fingerprint density at radius 1 is 1.25 bits per heavy atom. The van der Waals surface area contributed by atoms with Crippen LogP contribution in [-0.2, 0) is 0 Å². The summed E-state index contributed by atoms with van der Waals surface area (Å²) >= 11 is 0. The normalized spacial score (nSPS) is 21.5. The minimum atomic E-state index is 0.622. The van der Waals surface area contributed by atoms with Crippen molar-refractivity contribution in [2.24, 2.45) is 5.92 Å². The lowest BCUT2D eigenvalue weighted by Gasteiger charge is -2.40. The van der Waals surface area contributed by atoms with Gasteiger partial charge < -0.3 is 10.2 Å². The Hall–Kier alpha value is -1.02. The Kier molecular flexibility index (Phi) is 3.49. The van der Waals surface area contributed by atoms with Gasteiger partial charge in [-0.25, -0.2) is 0 Å². The predicted octanol–water partition coefficient (Wildman–Crippen LogP) is 2.43. The van der Waals surface area contributed by atoms with Crippen molar-refractivity contribution in [3.05, 3.63) is 29.8 Å². The first-order valence-electron chi connectivity index (χ1n) is 6.22. The van der Waals surface area contributed by atoms with E-state index in [4.69, 9.17) is 0 Å². The molecule has 16 heavy (non-hydrogen) atoms. The van der Waals surface area contributed by atoms with Gasteiger partial charge in [0.05, 0.1) is 0 Å². The molecule has 1 unspecified atom stereocenters. The number of benzene rings is 1. The van der Waals surface area contributed by atoms with E-state index in [0.29, 0.717) is 12.0 Å². The maximum atomic E-state index is 3.49. The van der Waals surface area contributed by atoms with E-state index >= 15 is 0 Å². The smallest absolute Gasteiger partial charge is 0.0437 e. The molecular formula is C14H22N2. The molecule has 0 aliphatic carbocycles. The molecule has 0 amide bonds. The Labute approximate surface area is 98.7 Å². The molecule has 1 saturated heterocycles. The van der Waals surface area contributed by atoms with Gasteiger partial charge in [0.1, 0.15) is 0 Å². The van der Waals surface area contributed by atoms with Crippen molar-refractivity contribution in [1.82, 2.24) is 5.32 Å². The van der Waals surface area contributed by atoms with Crippen molar-refractivity contribution in [1.29, 1.82) is 0 Å². The molecule has 1 aliphatic heterocycles. The van der Waals surface area contributed by atoms with Crippen molar-refractivity contribution >= 4 is 5.69 Å². The average molecular weight is 218 g/mol. The van der Waals surface area contributed by atoms with Crippen molar-refractivity contribution in [2.45, 2.75) is 26.8 Å². The van der Waals surface area contributed by atoms with E-state index in [9.17, 15) is 0 Å². The molecule has 0 spiro atoms. The highest BCUT2D eigenvalue weighted by molar-refractivity contribution is 5.49. The highest BCUT2D eigenvalue weighted by Gasteiger charge is 2.24. The van der Waals surface area contributed by atoms with E-state index < -0.39 is 0 Å². The standard InChI is InChI=1S/C14H22N2/c1-11(2)14-10-15-8-9-16(14)13-6-4-12(3)5-7-13/h4-7,11,14-15H,8-10H2,1-3H3. The molecule has 88 valence electrons. The van der Waals surface area contributed by atoms with Gasteiger partial charge >= 0.3 is 0 Å². The number of hydrogen-bond donors (Lipinski definition) is 1. The zero-order chi connectivity index (χ0) is 11.5.